The molecule has 0 bridgehead atoms. The second-order valence-corrected chi connectivity index (χ2v) is 11.5. The van der Waals surface area contributed by atoms with E-state index in [9.17, 15) is 40.7 Å². The average Bonchev–Trinajstić information content (AvgIpc) is 3.10. The van der Waals surface area contributed by atoms with Gasteiger partial charge in [0.25, 0.3) is 0 Å². The van der Waals surface area contributed by atoms with Crippen molar-refractivity contribution in [2.24, 2.45) is 0 Å². The Kier molecular flexibility index (Phi) is 12.0. The van der Waals surface area contributed by atoms with Gasteiger partial charge in [-0.25, -0.2) is 19.7 Å². The number of carbonyl (C=O) groups is 3. The normalized spacial score (nSPS) is 15.9. The number of anilines is 3. The molecule has 0 radical (unpaired) electrons. The maximum atomic E-state index is 13.9. The molecule has 1 aliphatic rings. The molecule has 0 N–H and O–H groups in total. The number of rotatable bonds is 11. The average molecular weight is 727 g/mol. The van der Waals surface area contributed by atoms with E-state index < -0.39 is 60.1 Å². The van der Waals surface area contributed by atoms with Gasteiger partial charge in [0.1, 0.15) is 0 Å². The molecule has 3 heterocycles. The van der Waals surface area contributed by atoms with Crippen molar-refractivity contribution < 1.29 is 54.9 Å². The van der Waals surface area contributed by atoms with E-state index in [0.717, 1.165) is 0 Å². The molecule has 1 aromatic carbocycles. The van der Waals surface area contributed by atoms with Crippen LogP contribution in [0.4, 0.5) is 48.5 Å². The fourth-order valence-corrected chi connectivity index (χ4v) is 5.63. The number of hydrogen-bond donors (Lipinski definition) is 0. The first-order valence-electron chi connectivity index (χ1n) is 15.7. The molecule has 51 heavy (non-hydrogen) atoms. The van der Waals surface area contributed by atoms with Gasteiger partial charge in [0, 0.05) is 32.1 Å². The number of nitrogens with zero attached hydrogens (tertiary/aromatic N) is 6. The number of benzene rings is 1. The van der Waals surface area contributed by atoms with Crippen LogP contribution in [0.1, 0.15) is 68.0 Å². The highest BCUT2D eigenvalue weighted by Gasteiger charge is 2.42. The van der Waals surface area contributed by atoms with E-state index in [0.29, 0.717) is 18.6 Å². The van der Waals surface area contributed by atoms with Crippen molar-refractivity contribution >= 4 is 35.3 Å². The minimum absolute atomic E-state index is 0.0405. The molecule has 2 atom stereocenters. The molecule has 2 aromatic heterocycles. The number of fused-ring (bicyclic) bond motifs is 1. The molecule has 12 nitrogen and oxygen atoms in total. The monoisotopic (exact) mass is 726 g/mol. The molecule has 0 spiro atoms. The molecule has 1 aliphatic heterocycles. The Bertz CT molecular complexity index is 1690. The molecule has 0 saturated heterocycles. The molecule has 0 aliphatic carbocycles. The van der Waals surface area contributed by atoms with Crippen LogP contribution in [0.2, 0.25) is 0 Å². The van der Waals surface area contributed by atoms with Gasteiger partial charge in [-0.15, -0.1) is 0 Å². The summed E-state index contributed by atoms with van der Waals surface area (Å²) in [4.78, 5) is 54.7. The van der Waals surface area contributed by atoms with Crippen LogP contribution in [0.3, 0.4) is 0 Å². The zero-order chi connectivity index (χ0) is 37.7. The highest BCUT2D eigenvalue weighted by molar-refractivity contribution is 5.94. The first kappa shape index (κ1) is 38.6. The minimum Gasteiger partial charge on any atom is -0.481 e. The van der Waals surface area contributed by atoms with Gasteiger partial charge in [-0.3, -0.25) is 14.5 Å². The first-order valence-corrected chi connectivity index (χ1v) is 15.7. The fourth-order valence-electron chi connectivity index (χ4n) is 5.63. The van der Waals surface area contributed by atoms with E-state index in [1.54, 1.807) is 19.9 Å². The number of alkyl halides is 6. The zero-order valence-corrected chi connectivity index (χ0v) is 28.3. The van der Waals surface area contributed by atoms with Gasteiger partial charge in [-0.1, -0.05) is 6.92 Å². The standard InChI is InChI=1S/C33H36F6N6O6/c1-6-22-15-25(29-24(8-9-26(42-29)49-4)45(22)31(48)51-7-2)44(18-19-12-20(32(34,35)36)14-21(13-19)33(37,38)39)30-40-16-23(17-41-30)43(3)27(46)10-11-28(47)50-5/h8-9,12-14,16-17,22,25H,6-7,10-11,15,18H2,1-5H3/t22-,25+/m1/s1. The molecule has 18 heteroatoms. The van der Waals surface area contributed by atoms with Crippen LogP contribution in [0.5, 0.6) is 5.88 Å². The van der Waals surface area contributed by atoms with Crippen molar-refractivity contribution in [2.45, 2.75) is 70.5 Å². The van der Waals surface area contributed by atoms with E-state index >= 15 is 0 Å². The van der Waals surface area contributed by atoms with Crippen molar-refractivity contribution in [1.29, 1.82) is 0 Å². The SMILES string of the molecule is CCOC(=O)N1c2ccc(OC)nc2[C@@H](N(Cc2cc(C(F)(F)F)cc(C(F)(F)F)c2)c2ncc(N(C)C(=O)CCC(=O)OC)cn2)C[C@H]1CC. The Morgan fingerprint density at radius 2 is 1.57 bits per heavy atom. The maximum absolute atomic E-state index is 13.9. The van der Waals surface area contributed by atoms with Crippen molar-refractivity contribution in [3.8, 4) is 5.88 Å². The fraction of sp³-hybridized carbons (Fsp3) is 0.455. The molecule has 276 valence electrons. The third kappa shape index (κ3) is 8.96. The first-order chi connectivity index (χ1) is 24.0. The lowest BCUT2D eigenvalue weighted by molar-refractivity contribution is -0.143. The zero-order valence-electron chi connectivity index (χ0n) is 28.3. The van der Waals surface area contributed by atoms with E-state index in [2.05, 4.69) is 19.7 Å². The number of amides is 2. The molecule has 0 unspecified atom stereocenters. The summed E-state index contributed by atoms with van der Waals surface area (Å²) in [5.41, 5.74) is -2.67. The summed E-state index contributed by atoms with van der Waals surface area (Å²) in [7, 11) is 3.96. The number of aromatic nitrogens is 3. The highest BCUT2D eigenvalue weighted by atomic mass is 19.4. The van der Waals surface area contributed by atoms with Gasteiger partial charge in [-0.05, 0) is 49.6 Å². The number of halogens is 6. The van der Waals surface area contributed by atoms with Crippen molar-refractivity contribution in [3.05, 3.63) is 65.1 Å². The quantitative estimate of drug-likeness (QED) is 0.155. The van der Waals surface area contributed by atoms with Gasteiger partial charge < -0.3 is 24.0 Å². The molecule has 3 aromatic rings. The Hall–Kier alpha value is -5.16. The Balaban J connectivity index is 1.87. The van der Waals surface area contributed by atoms with Crippen LogP contribution in [0, 0.1) is 0 Å². The summed E-state index contributed by atoms with van der Waals surface area (Å²) < 4.78 is 98.5. The smallest absolute Gasteiger partial charge is 0.416 e. The third-order valence-electron chi connectivity index (χ3n) is 8.25. The Morgan fingerprint density at radius 1 is 0.941 bits per heavy atom. The summed E-state index contributed by atoms with van der Waals surface area (Å²) in [6.45, 7) is 2.95. The molecule has 0 fully saturated rings. The highest BCUT2D eigenvalue weighted by Crippen LogP contribution is 2.44. The largest absolute Gasteiger partial charge is 0.481 e. The topological polar surface area (TPSA) is 127 Å². The number of carbonyl (C=O) groups excluding carboxylic acids is 3. The number of ether oxygens (including phenoxy) is 3. The summed E-state index contributed by atoms with van der Waals surface area (Å²) in [6.07, 6.45) is -8.24. The minimum atomic E-state index is -5.09. The van der Waals surface area contributed by atoms with Crippen LogP contribution in [-0.4, -0.2) is 66.8 Å². The van der Waals surface area contributed by atoms with Crippen LogP contribution >= 0.6 is 0 Å². The third-order valence-corrected chi connectivity index (χ3v) is 8.25. The number of hydrogen-bond acceptors (Lipinski definition) is 10. The Morgan fingerprint density at radius 3 is 2.10 bits per heavy atom. The number of methoxy groups -OCH3 is 2. The van der Waals surface area contributed by atoms with Gasteiger partial charge >= 0.3 is 24.4 Å². The number of pyridine rings is 1. The molecule has 2 amide bonds. The van der Waals surface area contributed by atoms with E-state index in [-0.39, 0.29) is 66.4 Å². The van der Waals surface area contributed by atoms with Crippen LogP contribution < -0.4 is 19.4 Å². The van der Waals surface area contributed by atoms with E-state index in [1.165, 1.54) is 54.4 Å². The molecular weight excluding hydrogens is 690 g/mol. The summed E-state index contributed by atoms with van der Waals surface area (Å²) in [6, 6.07) is 2.88. The van der Waals surface area contributed by atoms with Crippen LogP contribution in [0.15, 0.2) is 42.7 Å². The van der Waals surface area contributed by atoms with E-state index in [4.69, 9.17) is 9.47 Å². The van der Waals surface area contributed by atoms with Gasteiger partial charge in [0.2, 0.25) is 17.7 Å². The van der Waals surface area contributed by atoms with Crippen molar-refractivity contribution in [1.82, 2.24) is 15.0 Å². The van der Waals surface area contributed by atoms with Gasteiger partial charge in [-0.2, -0.15) is 26.3 Å². The summed E-state index contributed by atoms with van der Waals surface area (Å²) in [5.74, 6) is -1.06. The maximum Gasteiger partial charge on any atom is 0.416 e. The lowest BCUT2D eigenvalue weighted by Gasteiger charge is -2.43. The Labute approximate surface area is 289 Å². The predicted molar refractivity (Wildman–Crippen MR) is 171 cm³/mol. The number of esters is 1. The second kappa shape index (κ2) is 15.8. The predicted octanol–water partition coefficient (Wildman–Crippen LogP) is 6.73. The lowest BCUT2D eigenvalue weighted by atomic mass is 9.92. The summed E-state index contributed by atoms with van der Waals surface area (Å²) in [5, 5.41) is 0. The van der Waals surface area contributed by atoms with Crippen LogP contribution in [0.25, 0.3) is 0 Å². The summed E-state index contributed by atoms with van der Waals surface area (Å²) >= 11 is 0. The second-order valence-electron chi connectivity index (χ2n) is 11.5. The molecule has 4 rings (SSSR count). The van der Waals surface area contributed by atoms with Crippen LogP contribution in [-0.2, 0) is 38.0 Å². The molecule has 0 saturated carbocycles. The van der Waals surface area contributed by atoms with Crippen molar-refractivity contribution in [3.63, 3.8) is 0 Å². The van der Waals surface area contributed by atoms with Gasteiger partial charge in [0.05, 0.1) is 73.9 Å². The molecular formula is C33H36F6N6O6. The lowest BCUT2D eigenvalue weighted by Crippen LogP contribution is -2.48. The van der Waals surface area contributed by atoms with E-state index in [1.807, 2.05) is 0 Å². The van der Waals surface area contributed by atoms with Crippen molar-refractivity contribution in [2.75, 3.05) is 42.6 Å². The van der Waals surface area contributed by atoms with Gasteiger partial charge in [0.15, 0.2) is 0 Å².